The minimum atomic E-state index is 0.00924. The van der Waals surface area contributed by atoms with Crippen molar-refractivity contribution in [2.45, 2.75) is 97.8 Å². The fourth-order valence-corrected chi connectivity index (χ4v) is 4.79. The van der Waals surface area contributed by atoms with Gasteiger partial charge in [0, 0.05) is 34.9 Å². The molecular formula is C19H35N3. The van der Waals surface area contributed by atoms with Gasteiger partial charge >= 0.3 is 0 Å². The highest BCUT2D eigenvalue weighted by Crippen LogP contribution is 2.49. The summed E-state index contributed by atoms with van der Waals surface area (Å²) in [5.41, 5.74) is 1.42. The zero-order valence-corrected chi connectivity index (χ0v) is 16.2. The summed E-state index contributed by atoms with van der Waals surface area (Å²) < 4.78 is 2.43. The second-order valence-corrected chi connectivity index (χ2v) is 9.18. The van der Waals surface area contributed by atoms with Crippen molar-refractivity contribution < 1.29 is 0 Å². The van der Waals surface area contributed by atoms with E-state index in [-0.39, 0.29) is 16.5 Å². The fourth-order valence-electron chi connectivity index (χ4n) is 4.79. The minimum absolute atomic E-state index is 0.00924. The number of imidazole rings is 1. The molecule has 2 rings (SSSR count). The van der Waals surface area contributed by atoms with E-state index in [1.54, 1.807) is 0 Å². The zero-order valence-electron chi connectivity index (χ0n) is 16.2. The van der Waals surface area contributed by atoms with Crippen LogP contribution in [0.15, 0.2) is 12.5 Å². The van der Waals surface area contributed by atoms with Gasteiger partial charge in [0.2, 0.25) is 0 Å². The molecule has 3 nitrogen and oxygen atoms in total. The number of hydrogen-bond acceptors (Lipinski definition) is 2. The molecule has 0 fully saturated rings. The molecule has 22 heavy (non-hydrogen) atoms. The summed E-state index contributed by atoms with van der Waals surface area (Å²) in [6.45, 7) is 23.7. The molecule has 0 amide bonds. The predicted octanol–water partition coefficient (Wildman–Crippen LogP) is 4.42. The van der Waals surface area contributed by atoms with E-state index in [1.807, 2.05) is 6.33 Å². The van der Waals surface area contributed by atoms with Gasteiger partial charge in [-0.05, 0) is 47.5 Å². The second kappa shape index (κ2) is 5.09. The Labute approximate surface area is 137 Å². The Hall–Kier alpha value is -0.830. The van der Waals surface area contributed by atoms with Gasteiger partial charge in [0.25, 0.3) is 0 Å². The standard InChI is InChI=1S/C19H35N3/c1-13(2)16-18(7,8)21-12-20-11-15(21)17(5,6)19(9,10)22(16)14(3)4/h11-14,16H,1-10H3. The van der Waals surface area contributed by atoms with Crippen LogP contribution in [-0.4, -0.2) is 32.1 Å². The number of rotatable bonds is 2. The van der Waals surface area contributed by atoms with Crippen LogP contribution in [0, 0.1) is 5.92 Å². The number of hydrogen-bond donors (Lipinski definition) is 0. The molecule has 1 aliphatic rings. The summed E-state index contributed by atoms with van der Waals surface area (Å²) in [5.74, 6) is 0.570. The van der Waals surface area contributed by atoms with E-state index >= 15 is 0 Å². The fraction of sp³-hybridized carbons (Fsp3) is 0.842. The van der Waals surface area contributed by atoms with Crippen LogP contribution >= 0.6 is 0 Å². The summed E-state index contributed by atoms with van der Waals surface area (Å²) >= 11 is 0. The molecule has 1 unspecified atom stereocenters. The van der Waals surface area contributed by atoms with Crippen molar-refractivity contribution in [3.8, 4) is 0 Å². The molecule has 1 aromatic heterocycles. The van der Waals surface area contributed by atoms with Crippen LogP contribution in [0.25, 0.3) is 0 Å². The molecule has 0 bridgehead atoms. The molecule has 2 heterocycles. The first-order valence-corrected chi connectivity index (χ1v) is 8.68. The maximum atomic E-state index is 4.51. The van der Waals surface area contributed by atoms with Crippen molar-refractivity contribution >= 4 is 0 Å². The number of aromatic nitrogens is 2. The monoisotopic (exact) mass is 305 g/mol. The number of nitrogens with zero attached hydrogens (tertiary/aromatic N) is 3. The Morgan fingerprint density at radius 2 is 1.55 bits per heavy atom. The van der Waals surface area contributed by atoms with Crippen molar-refractivity contribution in [2.24, 2.45) is 5.92 Å². The third-order valence-corrected chi connectivity index (χ3v) is 6.29. The molecule has 0 saturated carbocycles. The van der Waals surface area contributed by atoms with Crippen LogP contribution in [0.3, 0.4) is 0 Å². The zero-order chi connectivity index (χ0) is 17.1. The Balaban J connectivity index is 2.82. The van der Waals surface area contributed by atoms with Gasteiger partial charge in [0.05, 0.1) is 11.9 Å². The van der Waals surface area contributed by atoms with Gasteiger partial charge in [0.15, 0.2) is 0 Å². The third kappa shape index (κ3) is 2.16. The first-order valence-electron chi connectivity index (χ1n) is 8.68. The van der Waals surface area contributed by atoms with Gasteiger partial charge in [-0.25, -0.2) is 4.98 Å². The summed E-state index contributed by atoms with van der Waals surface area (Å²) in [5, 5.41) is 0. The highest BCUT2D eigenvalue weighted by Gasteiger charge is 2.55. The van der Waals surface area contributed by atoms with E-state index in [1.165, 1.54) is 5.69 Å². The molecule has 0 spiro atoms. The lowest BCUT2D eigenvalue weighted by molar-refractivity contribution is -0.0491. The molecule has 126 valence electrons. The lowest BCUT2D eigenvalue weighted by atomic mass is 9.70. The molecule has 1 atom stereocenters. The average molecular weight is 306 g/mol. The van der Waals surface area contributed by atoms with E-state index < -0.39 is 0 Å². The second-order valence-electron chi connectivity index (χ2n) is 9.18. The normalized spacial score (nSPS) is 27.0. The van der Waals surface area contributed by atoms with Gasteiger partial charge in [-0.15, -0.1) is 0 Å². The predicted molar refractivity (Wildman–Crippen MR) is 94.3 cm³/mol. The first-order chi connectivity index (χ1) is 9.86. The van der Waals surface area contributed by atoms with E-state index in [0.717, 1.165) is 0 Å². The Morgan fingerprint density at radius 1 is 1.00 bits per heavy atom. The molecule has 1 aromatic rings. The van der Waals surface area contributed by atoms with Gasteiger partial charge in [-0.1, -0.05) is 27.7 Å². The van der Waals surface area contributed by atoms with E-state index in [0.29, 0.717) is 18.0 Å². The van der Waals surface area contributed by atoms with Gasteiger partial charge < -0.3 is 4.57 Å². The number of fused-ring (bicyclic) bond motifs is 1. The molecule has 0 radical (unpaired) electrons. The van der Waals surface area contributed by atoms with Crippen molar-refractivity contribution in [2.75, 3.05) is 0 Å². The Bertz CT molecular complexity index is 535. The van der Waals surface area contributed by atoms with Crippen LogP contribution in [0.4, 0.5) is 0 Å². The van der Waals surface area contributed by atoms with Crippen LogP contribution in [-0.2, 0) is 11.0 Å². The average Bonchev–Trinajstić information content (AvgIpc) is 2.82. The highest BCUT2D eigenvalue weighted by molar-refractivity contribution is 5.26. The van der Waals surface area contributed by atoms with Crippen molar-refractivity contribution in [3.63, 3.8) is 0 Å². The van der Waals surface area contributed by atoms with Crippen LogP contribution in [0.1, 0.15) is 74.9 Å². The Morgan fingerprint density at radius 3 is 2.00 bits per heavy atom. The smallest absolute Gasteiger partial charge is 0.0953 e. The minimum Gasteiger partial charge on any atom is -0.327 e. The van der Waals surface area contributed by atoms with Gasteiger partial charge in [-0.2, -0.15) is 0 Å². The summed E-state index contributed by atoms with van der Waals surface area (Å²) in [4.78, 5) is 7.27. The maximum Gasteiger partial charge on any atom is 0.0953 e. The molecule has 0 aliphatic carbocycles. The molecule has 3 heteroatoms. The largest absolute Gasteiger partial charge is 0.327 e. The molecule has 0 saturated heterocycles. The molecule has 1 aliphatic heterocycles. The first kappa shape index (κ1) is 17.5. The summed E-state index contributed by atoms with van der Waals surface area (Å²) in [6.07, 6.45) is 4.11. The SMILES string of the molecule is CC(C)C1N(C(C)C)C(C)(C)C(C)(C)c2cncn2C1(C)C. The van der Waals surface area contributed by atoms with E-state index in [4.69, 9.17) is 0 Å². The van der Waals surface area contributed by atoms with Crippen molar-refractivity contribution in [1.29, 1.82) is 0 Å². The van der Waals surface area contributed by atoms with E-state index in [2.05, 4.69) is 89.9 Å². The third-order valence-electron chi connectivity index (χ3n) is 6.29. The maximum absolute atomic E-state index is 4.51. The van der Waals surface area contributed by atoms with E-state index in [9.17, 15) is 0 Å². The molecular weight excluding hydrogens is 270 g/mol. The molecule has 0 aromatic carbocycles. The van der Waals surface area contributed by atoms with Crippen molar-refractivity contribution in [3.05, 3.63) is 18.2 Å². The van der Waals surface area contributed by atoms with Gasteiger partial charge in [0.1, 0.15) is 0 Å². The summed E-state index contributed by atoms with van der Waals surface area (Å²) in [6, 6.07) is 0.954. The summed E-state index contributed by atoms with van der Waals surface area (Å²) in [7, 11) is 0. The lowest BCUT2D eigenvalue weighted by Crippen LogP contribution is -2.64. The quantitative estimate of drug-likeness (QED) is 0.806. The molecule has 0 N–H and O–H groups in total. The van der Waals surface area contributed by atoms with Gasteiger partial charge in [-0.3, -0.25) is 4.90 Å². The van der Waals surface area contributed by atoms with Crippen LogP contribution < -0.4 is 0 Å². The van der Waals surface area contributed by atoms with Crippen molar-refractivity contribution in [1.82, 2.24) is 14.5 Å². The lowest BCUT2D eigenvalue weighted by Gasteiger charge is -2.55. The van der Waals surface area contributed by atoms with Crippen LogP contribution in [0.2, 0.25) is 0 Å². The topological polar surface area (TPSA) is 21.1 Å². The Kier molecular flexibility index (Phi) is 4.05. The van der Waals surface area contributed by atoms with Crippen LogP contribution in [0.5, 0.6) is 0 Å². The highest BCUT2D eigenvalue weighted by atomic mass is 15.3.